The summed E-state index contributed by atoms with van der Waals surface area (Å²) in [7, 11) is 1.99. The molecule has 1 aromatic heterocycles. The van der Waals surface area contributed by atoms with E-state index in [1.165, 1.54) is 31.4 Å². The summed E-state index contributed by atoms with van der Waals surface area (Å²) in [5.41, 5.74) is 3.92. The van der Waals surface area contributed by atoms with E-state index in [0.29, 0.717) is 17.8 Å². The molecule has 0 aliphatic heterocycles. The van der Waals surface area contributed by atoms with Gasteiger partial charge < -0.3 is 14.7 Å². The Kier molecular flexibility index (Phi) is 10.3. The zero-order chi connectivity index (χ0) is 28.8. The summed E-state index contributed by atoms with van der Waals surface area (Å²) in [5.74, 6) is 1.47. The standard InChI is InChI=1S/C34H50N3O3/c1-7-9-21-36(22-10-8-2)27-18-16-26(17-19-27)32-35(6)29-13-11-12-14-30(29)37(32)33(38)34(39)40-31-23-25(5)15-20-28(31)24(3)4/h11-14,16-19,24-25,28,31,33,38H,7-10,15,20-23H2,1-6H3/q+1/t25-,28+,31-,33-/m1/s1. The molecule has 6 nitrogen and oxygen atoms in total. The highest BCUT2D eigenvalue weighted by Crippen LogP contribution is 2.36. The fraction of sp³-hybridized carbons (Fsp3) is 0.588. The smallest absolute Gasteiger partial charge is 0.381 e. The number of anilines is 1. The quantitative estimate of drug-likeness (QED) is 0.195. The lowest BCUT2D eigenvalue weighted by Crippen LogP contribution is -2.38. The second-order valence-corrected chi connectivity index (χ2v) is 12.2. The van der Waals surface area contributed by atoms with E-state index >= 15 is 0 Å². The monoisotopic (exact) mass is 548 g/mol. The molecule has 4 rings (SSSR count). The fourth-order valence-electron chi connectivity index (χ4n) is 6.38. The average molecular weight is 549 g/mol. The number of fused-ring (bicyclic) bond motifs is 1. The molecular formula is C34H50N3O3+. The number of hydrogen-bond donors (Lipinski definition) is 1. The number of nitrogens with zero attached hydrogens (tertiary/aromatic N) is 3. The Morgan fingerprint density at radius 1 is 1.05 bits per heavy atom. The van der Waals surface area contributed by atoms with Gasteiger partial charge in [0.25, 0.3) is 5.82 Å². The number of hydrogen-bond acceptors (Lipinski definition) is 4. The third-order valence-corrected chi connectivity index (χ3v) is 8.79. The third kappa shape index (κ3) is 6.54. The number of carbonyl (C=O) groups excluding carboxylic acids is 1. The predicted molar refractivity (Wildman–Crippen MR) is 163 cm³/mol. The van der Waals surface area contributed by atoms with E-state index in [0.717, 1.165) is 54.8 Å². The lowest BCUT2D eigenvalue weighted by atomic mass is 9.75. The molecule has 0 spiro atoms. The summed E-state index contributed by atoms with van der Waals surface area (Å²) in [4.78, 5) is 16.0. The zero-order valence-electron chi connectivity index (χ0n) is 25.5. The van der Waals surface area contributed by atoms with Gasteiger partial charge in [0.1, 0.15) is 6.10 Å². The van der Waals surface area contributed by atoms with Crippen molar-refractivity contribution in [2.75, 3.05) is 18.0 Å². The number of unbranched alkanes of at least 4 members (excludes halogenated alkanes) is 2. The second kappa shape index (κ2) is 13.7. The van der Waals surface area contributed by atoms with Crippen molar-refractivity contribution in [2.45, 2.75) is 91.9 Å². The van der Waals surface area contributed by atoms with E-state index in [4.69, 9.17) is 4.74 Å². The summed E-state index contributed by atoms with van der Waals surface area (Å²) in [6, 6.07) is 16.5. The molecule has 0 unspecified atom stereocenters. The van der Waals surface area contributed by atoms with Gasteiger partial charge in [-0.2, -0.15) is 4.57 Å². The normalized spacial score (nSPS) is 20.1. The largest absolute Gasteiger partial charge is 0.457 e. The molecule has 2 aromatic carbocycles. The van der Waals surface area contributed by atoms with Gasteiger partial charge in [0.15, 0.2) is 11.0 Å². The van der Waals surface area contributed by atoms with Gasteiger partial charge in [-0.05, 0) is 79.8 Å². The Labute approximate surface area is 241 Å². The Morgan fingerprint density at radius 2 is 1.70 bits per heavy atom. The van der Waals surface area contributed by atoms with E-state index in [9.17, 15) is 9.90 Å². The maximum Gasteiger partial charge on any atom is 0.381 e. The van der Waals surface area contributed by atoms with Crippen molar-refractivity contribution in [3.8, 4) is 11.4 Å². The molecule has 0 radical (unpaired) electrons. The van der Waals surface area contributed by atoms with Crippen molar-refractivity contribution in [3.63, 3.8) is 0 Å². The summed E-state index contributed by atoms with van der Waals surface area (Å²) in [6.07, 6.45) is 6.14. The number of para-hydroxylation sites is 2. The number of aromatic nitrogens is 2. The van der Waals surface area contributed by atoms with Gasteiger partial charge in [-0.1, -0.05) is 66.0 Å². The highest BCUT2D eigenvalue weighted by atomic mass is 16.6. The topological polar surface area (TPSA) is 58.6 Å². The van der Waals surface area contributed by atoms with Crippen molar-refractivity contribution < 1.29 is 19.2 Å². The molecule has 0 bridgehead atoms. The molecule has 6 heteroatoms. The molecule has 218 valence electrons. The van der Waals surface area contributed by atoms with Crippen LogP contribution in [0.15, 0.2) is 48.5 Å². The van der Waals surface area contributed by atoms with E-state index in [1.807, 2.05) is 31.3 Å². The van der Waals surface area contributed by atoms with E-state index in [1.54, 1.807) is 4.57 Å². The number of ether oxygens (including phenoxy) is 1. The van der Waals surface area contributed by atoms with Crippen LogP contribution in [-0.4, -0.2) is 34.8 Å². The van der Waals surface area contributed by atoms with Gasteiger partial charge in [0, 0.05) is 18.8 Å². The van der Waals surface area contributed by atoms with Crippen LogP contribution in [0.25, 0.3) is 22.4 Å². The Balaban J connectivity index is 1.68. The molecule has 3 aromatic rings. The van der Waals surface area contributed by atoms with E-state index in [2.05, 4.69) is 68.4 Å². The maximum atomic E-state index is 13.6. The first-order valence-electron chi connectivity index (χ1n) is 15.5. The van der Waals surface area contributed by atoms with Crippen molar-refractivity contribution in [1.29, 1.82) is 0 Å². The fourth-order valence-corrected chi connectivity index (χ4v) is 6.38. The highest BCUT2D eigenvalue weighted by Gasteiger charge is 2.38. The molecule has 0 saturated heterocycles. The average Bonchev–Trinajstić information content (AvgIpc) is 3.25. The van der Waals surface area contributed by atoms with Crippen LogP contribution in [0.5, 0.6) is 0 Å². The number of benzene rings is 2. The predicted octanol–water partition coefficient (Wildman–Crippen LogP) is 7.03. The van der Waals surface area contributed by atoms with E-state index in [-0.39, 0.29) is 6.10 Å². The highest BCUT2D eigenvalue weighted by molar-refractivity contribution is 5.81. The van der Waals surface area contributed by atoms with Gasteiger partial charge in [-0.15, -0.1) is 0 Å². The van der Waals surface area contributed by atoms with Crippen molar-refractivity contribution >= 4 is 22.7 Å². The van der Waals surface area contributed by atoms with Crippen LogP contribution in [0.4, 0.5) is 5.69 Å². The molecule has 1 heterocycles. The molecule has 40 heavy (non-hydrogen) atoms. The van der Waals surface area contributed by atoms with Crippen LogP contribution >= 0.6 is 0 Å². The lowest BCUT2D eigenvalue weighted by Gasteiger charge is -2.36. The first-order valence-corrected chi connectivity index (χ1v) is 15.5. The van der Waals surface area contributed by atoms with Crippen LogP contribution < -0.4 is 9.47 Å². The second-order valence-electron chi connectivity index (χ2n) is 12.2. The molecule has 1 saturated carbocycles. The van der Waals surface area contributed by atoms with Crippen LogP contribution in [-0.2, 0) is 16.6 Å². The van der Waals surface area contributed by atoms with Gasteiger partial charge >= 0.3 is 12.2 Å². The minimum Gasteiger partial charge on any atom is -0.457 e. The van der Waals surface area contributed by atoms with Gasteiger partial charge in [0.2, 0.25) is 0 Å². The SMILES string of the molecule is CCCCN(CCCC)c1ccc(-c2n([C@H](O)C(=O)O[C@@H]3C[C@H](C)CC[C@H]3C(C)C)c3ccccc3[n+]2C)cc1. The minimum absolute atomic E-state index is 0.165. The summed E-state index contributed by atoms with van der Waals surface area (Å²) < 4.78 is 9.91. The maximum absolute atomic E-state index is 13.6. The third-order valence-electron chi connectivity index (χ3n) is 8.79. The number of esters is 1. The first kappa shape index (κ1) is 30.1. The Bertz CT molecular complexity index is 1240. The number of rotatable bonds is 12. The number of carbonyl (C=O) groups is 1. The molecule has 0 amide bonds. The molecule has 1 N–H and O–H groups in total. The molecular weight excluding hydrogens is 498 g/mol. The summed E-state index contributed by atoms with van der Waals surface area (Å²) in [5, 5.41) is 11.6. The van der Waals surface area contributed by atoms with Crippen LogP contribution in [0.1, 0.15) is 85.8 Å². The van der Waals surface area contributed by atoms with Crippen LogP contribution in [0, 0.1) is 17.8 Å². The Morgan fingerprint density at radius 3 is 2.33 bits per heavy atom. The lowest BCUT2D eigenvalue weighted by molar-refractivity contribution is -0.634. The molecule has 1 aliphatic rings. The minimum atomic E-state index is -1.43. The number of aliphatic hydroxyl groups excluding tert-OH is 1. The number of aliphatic hydroxyl groups is 1. The number of imidazole rings is 1. The first-order chi connectivity index (χ1) is 19.3. The van der Waals surface area contributed by atoms with Gasteiger partial charge in [-0.3, -0.25) is 0 Å². The summed E-state index contributed by atoms with van der Waals surface area (Å²) in [6.45, 7) is 13.2. The molecule has 1 fully saturated rings. The van der Waals surface area contributed by atoms with Crippen molar-refractivity contribution in [2.24, 2.45) is 24.8 Å². The van der Waals surface area contributed by atoms with Crippen molar-refractivity contribution in [3.05, 3.63) is 48.5 Å². The zero-order valence-corrected chi connectivity index (χ0v) is 25.5. The Hall–Kier alpha value is -2.86. The van der Waals surface area contributed by atoms with Gasteiger partial charge in [-0.25, -0.2) is 9.36 Å². The van der Waals surface area contributed by atoms with Crippen molar-refractivity contribution in [1.82, 2.24) is 4.57 Å². The van der Waals surface area contributed by atoms with Crippen LogP contribution in [0.3, 0.4) is 0 Å². The number of aryl methyl sites for hydroxylation is 1. The summed E-state index contributed by atoms with van der Waals surface area (Å²) >= 11 is 0. The van der Waals surface area contributed by atoms with E-state index < -0.39 is 12.2 Å². The molecule has 4 atom stereocenters. The van der Waals surface area contributed by atoms with Crippen LogP contribution in [0.2, 0.25) is 0 Å². The van der Waals surface area contributed by atoms with Gasteiger partial charge in [0.05, 0.1) is 12.6 Å². The molecule has 1 aliphatic carbocycles.